The molecular formula is C14H16Cl2N2O. The SMILES string of the molecule is CCCC(C)c1onc(N)c1-c1c(Cl)cccc1Cl. The molecule has 3 nitrogen and oxygen atoms in total. The lowest BCUT2D eigenvalue weighted by atomic mass is 9.95. The largest absolute Gasteiger partial charge is 0.380 e. The second-order valence-corrected chi connectivity index (χ2v) is 5.41. The molecule has 0 saturated carbocycles. The summed E-state index contributed by atoms with van der Waals surface area (Å²) in [5.41, 5.74) is 7.34. The molecule has 0 spiro atoms. The third kappa shape index (κ3) is 2.72. The van der Waals surface area contributed by atoms with Gasteiger partial charge in [-0.15, -0.1) is 0 Å². The Morgan fingerprint density at radius 2 is 1.89 bits per heavy atom. The molecule has 1 aromatic carbocycles. The molecule has 1 unspecified atom stereocenters. The quantitative estimate of drug-likeness (QED) is 0.851. The zero-order valence-electron chi connectivity index (χ0n) is 10.9. The molecule has 0 saturated heterocycles. The lowest BCUT2D eigenvalue weighted by Crippen LogP contribution is -1.96. The van der Waals surface area contributed by atoms with Gasteiger partial charge in [0.2, 0.25) is 0 Å². The Labute approximate surface area is 122 Å². The predicted molar refractivity (Wildman–Crippen MR) is 79.7 cm³/mol. The van der Waals surface area contributed by atoms with E-state index in [9.17, 15) is 0 Å². The number of rotatable bonds is 4. The molecule has 0 amide bonds. The van der Waals surface area contributed by atoms with Gasteiger partial charge in [0.1, 0.15) is 5.76 Å². The smallest absolute Gasteiger partial charge is 0.175 e. The minimum Gasteiger partial charge on any atom is -0.380 e. The maximum absolute atomic E-state index is 6.24. The molecule has 0 radical (unpaired) electrons. The van der Waals surface area contributed by atoms with E-state index in [1.54, 1.807) is 18.2 Å². The Balaban J connectivity index is 2.59. The number of anilines is 1. The van der Waals surface area contributed by atoms with E-state index < -0.39 is 0 Å². The number of aromatic nitrogens is 1. The molecule has 0 fully saturated rings. The van der Waals surface area contributed by atoms with Gasteiger partial charge in [0.25, 0.3) is 0 Å². The van der Waals surface area contributed by atoms with E-state index in [0.29, 0.717) is 21.4 Å². The highest BCUT2D eigenvalue weighted by Gasteiger charge is 2.24. The highest BCUT2D eigenvalue weighted by molar-refractivity contribution is 6.39. The summed E-state index contributed by atoms with van der Waals surface area (Å²) in [7, 11) is 0. The van der Waals surface area contributed by atoms with Gasteiger partial charge in [-0.25, -0.2) is 0 Å². The Bertz CT molecular complexity index is 561. The van der Waals surface area contributed by atoms with Crippen LogP contribution < -0.4 is 5.73 Å². The second-order valence-electron chi connectivity index (χ2n) is 4.59. The van der Waals surface area contributed by atoms with Crippen LogP contribution in [0.3, 0.4) is 0 Å². The van der Waals surface area contributed by atoms with Crippen molar-refractivity contribution in [3.05, 3.63) is 34.0 Å². The standard InChI is InChI=1S/C14H16Cl2N2O/c1-3-5-8(2)13-12(14(17)18-19-13)11-9(15)6-4-7-10(11)16/h4,6-8H,3,5H2,1-2H3,(H2,17,18). The van der Waals surface area contributed by atoms with Crippen molar-refractivity contribution in [1.29, 1.82) is 0 Å². The number of nitrogen functional groups attached to an aromatic ring is 1. The monoisotopic (exact) mass is 298 g/mol. The van der Waals surface area contributed by atoms with E-state index in [1.165, 1.54) is 0 Å². The van der Waals surface area contributed by atoms with E-state index in [0.717, 1.165) is 24.2 Å². The highest BCUT2D eigenvalue weighted by atomic mass is 35.5. The lowest BCUT2D eigenvalue weighted by molar-refractivity contribution is 0.362. The van der Waals surface area contributed by atoms with Crippen molar-refractivity contribution >= 4 is 29.0 Å². The van der Waals surface area contributed by atoms with E-state index in [4.69, 9.17) is 33.5 Å². The number of nitrogens with zero attached hydrogens (tertiary/aromatic N) is 1. The Hall–Kier alpha value is -1.19. The molecule has 1 aromatic heterocycles. The molecular weight excluding hydrogens is 283 g/mol. The minimum absolute atomic E-state index is 0.220. The topological polar surface area (TPSA) is 52.0 Å². The van der Waals surface area contributed by atoms with Crippen molar-refractivity contribution in [2.45, 2.75) is 32.6 Å². The predicted octanol–water partition coefficient (Wildman–Crippen LogP) is 5.13. The molecule has 5 heteroatoms. The molecule has 2 aromatic rings. The molecule has 1 atom stereocenters. The fourth-order valence-corrected chi connectivity index (χ4v) is 2.79. The number of hydrogen-bond donors (Lipinski definition) is 1. The molecule has 2 N–H and O–H groups in total. The Morgan fingerprint density at radius 1 is 1.26 bits per heavy atom. The van der Waals surface area contributed by atoms with Crippen molar-refractivity contribution in [1.82, 2.24) is 5.16 Å². The van der Waals surface area contributed by atoms with Crippen molar-refractivity contribution in [2.75, 3.05) is 5.73 Å². The summed E-state index contributed by atoms with van der Waals surface area (Å²) < 4.78 is 5.38. The zero-order valence-corrected chi connectivity index (χ0v) is 12.4. The van der Waals surface area contributed by atoms with Crippen LogP contribution >= 0.6 is 23.2 Å². The van der Waals surface area contributed by atoms with Crippen LogP contribution in [0.25, 0.3) is 11.1 Å². The van der Waals surface area contributed by atoms with E-state index in [-0.39, 0.29) is 5.92 Å². The number of benzene rings is 1. The summed E-state index contributed by atoms with van der Waals surface area (Å²) in [6.45, 7) is 4.20. The van der Waals surface area contributed by atoms with Gasteiger partial charge in [0.15, 0.2) is 5.82 Å². The van der Waals surface area contributed by atoms with Gasteiger partial charge in [-0.3, -0.25) is 0 Å². The summed E-state index contributed by atoms with van der Waals surface area (Å²) in [5.74, 6) is 1.29. The second kappa shape index (κ2) is 5.85. The van der Waals surface area contributed by atoms with Crippen LogP contribution in [0.2, 0.25) is 10.0 Å². The summed E-state index contributed by atoms with van der Waals surface area (Å²) >= 11 is 12.5. The molecule has 102 valence electrons. The van der Waals surface area contributed by atoms with Crippen LogP contribution in [0.15, 0.2) is 22.7 Å². The van der Waals surface area contributed by atoms with E-state index in [2.05, 4.69) is 19.0 Å². The fraction of sp³-hybridized carbons (Fsp3) is 0.357. The van der Waals surface area contributed by atoms with Crippen molar-refractivity contribution in [2.24, 2.45) is 0 Å². The van der Waals surface area contributed by atoms with Crippen LogP contribution in [-0.2, 0) is 0 Å². The fourth-order valence-electron chi connectivity index (χ4n) is 2.20. The summed E-state index contributed by atoms with van der Waals surface area (Å²) in [5, 5.41) is 4.96. The van der Waals surface area contributed by atoms with E-state index >= 15 is 0 Å². The van der Waals surface area contributed by atoms with Crippen LogP contribution in [0, 0.1) is 0 Å². The molecule has 0 aliphatic rings. The average Bonchev–Trinajstić information content (AvgIpc) is 2.72. The molecule has 0 aliphatic carbocycles. The zero-order chi connectivity index (χ0) is 14.0. The third-order valence-electron chi connectivity index (χ3n) is 3.13. The molecule has 19 heavy (non-hydrogen) atoms. The first-order chi connectivity index (χ1) is 9.06. The van der Waals surface area contributed by atoms with Crippen molar-refractivity contribution in [3.8, 4) is 11.1 Å². The molecule has 0 aliphatic heterocycles. The number of nitrogens with two attached hydrogens (primary N) is 1. The summed E-state index contributed by atoms with van der Waals surface area (Å²) in [6.07, 6.45) is 2.04. The lowest BCUT2D eigenvalue weighted by Gasteiger charge is -2.11. The van der Waals surface area contributed by atoms with Crippen LogP contribution in [0.1, 0.15) is 38.4 Å². The van der Waals surface area contributed by atoms with Gasteiger partial charge in [0.05, 0.1) is 15.6 Å². The first kappa shape index (κ1) is 14.2. The summed E-state index contributed by atoms with van der Waals surface area (Å²) in [4.78, 5) is 0. The Morgan fingerprint density at radius 3 is 2.47 bits per heavy atom. The average molecular weight is 299 g/mol. The van der Waals surface area contributed by atoms with Crippen LogP contribution in [0.4, 0.5) is 5.82 Å². The maximum Gasteiger partial charge on any atom is 0.175 e. The molecule has 0 bridgehead atoms. The first-order valence-corrected chi connectivity index (χ1v) is 7.01. The van der Waals surface area contributed by atoms with Gasteiger partial charge in [-0.2, -0.15) is 0 Å². The van der Waals surface area contributed by atoms with Gasteiger partial charge < -0.3 is 10.3 Å². The number of hydrogen-bond acceptors (Lipinski definition) is 3. The summed E-state index contributed by atoms with van der Waals surface area (Å²) in [6, 6.07) is 5.36. The first-order valence-electron chi connectivity index (χ1n) is 6.25. The van der Waals surface area contributed by atoms with Crippen LogP contribution in [0.5, 0.6) is 0 Å². The van der Waals surface area contributed by atoms with Gasteiger partial charge >= 0.3 is 0 Å². The minimum atomic E-state index is 0.220. The molecule has 1 heterocycles. The van der Waals surface area contributed by atoms with Crippen molar-refractivity contribution in [3.63, 3.8) is 0 Å². The van der Waals surface area contributed by atoms with Crippen LogP contribution in [-0.4, -0.2) is 5.16 Å². The highest BCUT2D eigenvalue weighted by Crippen LogP contribution is 2.42. The van der Waals surface area contributed by atoms with E-state index in [1.807, 2.05) is 0 Å². The van der Waals surface area contributed by atoms with Gasteiger partial charge in [-0.1, -0.05) is 54.7 Å². The Kier molecular flexibility index (Phi) is 4.38. The van der Waals surface area contributed by atoms with Crippen molar-refractivity contribution < 1.29 is 4.52 Å². The third-order valence-corrected chi connectivity index (χ3v) is 3.76. The molecule has 2 rings (SSSR count). The van der Waals surface area contributed by atoms with Gasteiger partial charge in [0, 0.05) is 11.5 Å². The maximum atomic E-state index is 6.24. The normalized spacial score (nSPS) is 12.6. The van der Waals surface area contributed by atoms with Gasteiger partial charge in [-0.05, 0) is 18.6 Å². The number of halogens is 2.